The molecule has 3 nitrogen and oxygen atoms in total. The summed E-state index contributed by atoms with van der Waals surface area (Å²) in [6, 6.07) is 51.9. The summed E-state index contributed by atoms with van der Waals surface area (Å²) in [6.07, 6.45) is 10.4. The Hall–Kier alpha value is -5.48. The van der Waals surface area contributed by atoms with Gasteiger partial charge in [0.2, 0.25) is 0 Å². The summed E-state index contributed by atoms with van der Waals surface area (Å²) < 4.78 is 2.48. The molecule has 0 radical (unpaired) electrons. The van der Waals surface area contributed by atoms with Crippen LogP contribution in [-0.2, 0) is 12.0 Å². The van der Waals surface area contributed by atoms with Crippen molar-refractivity contribution in [2.75, 3.05) is 6.54 Å². The SMILES string of the molecule is CC1(CN2C(c3ccc(-n4c5ccccc5c5cc6c(cc54)C(C)(C)c4ccccc4-6)cc3)N2Cc2cccc(-c3ccccc3)c2)C=CC=CC1. The highest BCUT2D eigenvalue weighted by molar-refractivity contribution is 6.11. The van der Waals surface area contributed by atoms with Crippen LogP contribution in [0.5, 0.6) is 0 Å². The maximum Gasteiger partial charge on any atom is 0.115 e. The van der Waals surface area contributed by atoms with Gasteiger partial charge in [-0.2, -0.15) is 0 Å². The number of aromatic nitrogens is 1. The van der Waals surface area contributed by atoms with Crippen molar-refractivity contribution in [1.29, 1.82) is 0 Å². The van der Waals surface area contributed by atoms with Gasteiger partial charge in [-0.1, -0.05) is 148 Å². The zero-order valence-electron chi connectivity index (χ0n) is 30.1. The van der Waals surface area contributed by atoms with Crippen LogP contribution in [0, 0.1) is 5.41 Å². The second-order valence-electron chi connectivity index (χ2n) is 15.8. The van der Waals surface area contributed by atoms with Crippen LogP contribution in [0.4, 0.5) is 0 Å². The van der Waals surface area contributed by atoms with Crippen LogP contribution in [0.15, 0.2) is 164 Å². The molecule has 2 aliphatic carbocycles. The molecule has 1 aliphatic heterocycles. The molecule has 4 atom stereocenters. The van der Waals surface area contributed by atoms with Crippen molar-refractivity contribution < 1.29 is 0 Å². The molecule has 52 heavy (non-hydrogen) atoms. The fraction of sp³-hybridized carbons (Fsp3) is 0.184. The number of hydrogen-bond donors (Lipinski definition) is 0. The van der Waals surface area contributed by atoms with Gasteiger partial charge in [0, 0.05) is 40.4 Å². The lowest BCUT2D eigenvalue weighted by Crippen LogP contribution is -2.26. The summed E-state index contributed by atoms with van der Waals surface area (Å²) in [5.74, 6) is 0. The number of allylic oxidation sites excluding steroid dienone is 3. The number of nitrogens with zero attached hydrogens (tertiary/aromatic N) is 3. The van der Waals surface area contributed by atoms with E-state index in [0.29, 0.717) is 0 Å². The van der Waals surface area contributed by atoms with E-state index in [4.69, 9.17) is 0 Å². The van der Waals surface area contributed by atoms with Gasteiger partial charge in [0.1, 0.15) is 6.17 Å². The van der Waals surface area contributed by atoms with Crippen LogP contribution in [0.1, 0.15) is 55.6 Å². The molecule has 0 N–H and O–H groups in total. The van der Waals surface area contributed by atoms with Crippen molar-refractivity contribution in [3.8, 4) is 27.9 Å². The second kappa shape index (κ2) is 11.8. The third kappa shape index (κ3) is 5.03. The Labute approximate surface area is 306 Å². The molecule has 0 amide bonds. The second-order valence-corrected chi connectivity index (χ2v) is 15.8. The molecule has 0 bridgehead atoms. The molecule has 1 saturated heterocycles. The van der Waals surface area contributed by atoms with E-state index in [0.717, 1.165) is 19.5 Å². The number of fused-ring (bicyclic) bond motifs is 6. The van der Waals surface area contributed by atoms with Crippen molar-refractivity contribution in [1.82, 2.24) is 14.6 Å². The Morgan fingerprint density at radius 2 is 1.37 bits per heavy atom. The van der Waals surface area contributed by atoms with Gasteiger partial charge in [0.05, 0.1) is 11.0 Å². The highest BCUT2D eigenvalue weighted by Crippen LogP contribution is 2.51. The predicted molar refractivity (Wildman–Crippen MR) is 216 cm³/mol. The maximum atomic E-state index is 2.58. The first-order valence-electron chi connectivity index (χ1n) is 18.7. The first-order chi connectivity index (χ1) is 25.4. The van der Waals surface area contributed by atoms with Gasteiger partial charge in [0.15, 0.2) is 0 Å². The quantitative estimate of drug-likeness (QED) is 0.156. The van der Waals surface area contributed by atoms with E-state index in [-0.39, 0.29) is 17.0 Å². The zero-order valence-corrected chi connectivity index (χ0v) is 30.1. The highest BCUT2D eigenvalue weighted by atomic mass is 15.9. The number of hydrogen-bond acceptors (Lipinski definition) is 2. The summed E-state index contributed by atoms with van der Waals surface area (Å²) in [6.45, 7) is 8.98. The number of para-hydroxylation sites is 1. The van der Waals surface area contributed by atoms with E-state index in [9.17, 15) is 0 Å². The third-order valence-corrected chi connectivity index (χ3v) is 11.9. The van der Waals surface area contributed by atoms with Gasteiger partial charge in [0.25, 0.3) is 0 Å². The third-order valence-electron chi connectivity index (χ3n) is 11.9. The van der Waals surface area contributed by atoms with E-state index in [1.54, 1.807) is 0 Å². The van der Waals surface area contributed by atoms with Crippen LogP contribution < -0.4 is 0 Å². The molecule has 4 unspecified atom stereocenters. The van der Waals surface area contributed by atoms with Crippen molar-refractivity contribution >= 4 is 21.8 Å². The number of benzene rings is 6. The molecule has 10 rings (SSSR count). The maximum absolute atomic E-state index is 2.58. The zero-order chi connectivity index (χ0) is 35.0. The molecule has 1 fully saturated rings. The van der Waals surface area contributed by atoms with Gasteiger partial charge in [-0.3, -0.25) is 0 Å². The van der Waals surface area contributed by atoms with E-state index in [1.807, 2.05) is 0 Å². The normalized spacial score (nSPS) is 22.5. The lowest BCUT2D eigenvalue weighted by Gasteiger charge is -2.27. The monoisotopic (exact) mass is 673 g/mol. The van der Waals surface area contributed by atoms with Gasteiger partial charge < -0.3 is 4.57 Å². The van der Waals surface area contributed by atoms with Crippen LogP contribution in [0.2, 0.25) is 0 Å². The van der Waals surface area contributed by atoms with Crippen LogP contribution >= 0.6 is 0 Å². The molecule has 0 spiro atoms. The fourth-order valence-electron chi connectivity index (χ4n) is 9.11. The Bertz CT molecular complexity index is 2550. The molecule has 7 aromatic rings. The van der Waals surface area contributed by atoms with Crippen LogP contribution in [0.3, 0.4) is 0 Å². The van der Waals surface area contributed by atoms with Crippen LogP contribution in [-0.4, -0.2) is 21.1 Å². The fourth-order valence-corrected chi connectivity index (χ4v) is 9.11. The number of rotatable bonds is 7. The number of hydrazine groups is 1. The average Bonchev–Trinajstić information content (AvgIpc) is 3.64. The first-order valence-corrected chi connectivity index (χ1v) is 18.7. The van der Waals surface area contributed by atoms with Gasteiger partial charge in [-0.15, -0.1) is 0 Å². The average molecular weight is 674 g/mol. The van der Waals surface area contributed by atoms with E-state index < -0.39 is 0 Å². The molecule has 3 aliphatic rings. The van der Waals surface area contributed by atoms with Crippen molar-refractivity contribution in [3.05, 3.63) is 186 Å². The Balaban J connectivity index is 1.02. The standard InChI is InChI=1S/C49H43N3/c1-48(2)43-21-10-8-19-39(43)41-30-42-40-20-9-11-22-45(40)52(46(42)31-44(41)48)38-25-23-36(24-26-38)47-50(51(47)33-49(3)27-12-5-13-28-49)32-34-15-14-18-37(29-34)35-16-6-4-7-17-35/h4-27,29-31,47H,28,32-33H2,1-3H3. The minimum absolute atomic E-state index is 0.0509. The van der Waals surface area contributed by atoms with E-state index in [1.165, 1.54) is 72.0 Å². The Morgan fingerprint density at radius 3 is 2.19 bits per heavy atom. The first kappa shape index (κ1) is 31.3. The van der Waals surface area contributed by atoms with Gasteiger partial charge >= 0.3 is 0 Å². The lowest BCUT2D eigenvalue weighted by molar-refractivity contribution is 0.227. The minimum atomic E-state index is -0.0509. The van der Waals surface area contributed by atoms with Crippen molar-refractivity contribution in [2.24, 2.45) is 5.41 Å². The smallest absolute Gasteiger partial charge is 0.115 e. The van der Waals surface area contributed by atoms with Gasteiger partial charge in [-0.25, -0.2) is 10.0 Å². The molecule has 254 valence electrons. The Morgan fingerprint density at radius 1 is 0.596 bits per heavy atom. The lowest BCUT2D eigenvalue weighted by atomic mass is 9.82. The predicted octanol–water partition coefficient (Wildman–Crippen LogP) is 12.0. The largest absolute Gasteiger partial charge is 0.309 e. The van der Waals surface area contributed by atoms with Gasteiger partial charge in [-0.05, 0) is 87.3 Å². The highest BCUT2D eigenvalue weighted by Gasteiger charge is 2.48. The molecule has 0 saturated carbocycles. The van der Waals surface area contributed by atoms with E-state index in [2.05, 4.69) is 199 Å². The molecule has 2 heterocycles. The Kier molecular flexibility index (Phi) is 7.08. The summed E-state index contributed by atoms with van der Waals surface area (Å²) >= 11 is 0. The summed E-state index contributed by atoms with van der Waals surface area (Å²) in [4.78, 5) is 0. The minimum Gasteiger partial charge on any atom is -0.309 e. The summed E-state index contributed by atoms with van der Waals surface area (Å²) in [7, 11) is 0. The molecular weight excluding hydrogens is 631 g/mol. The van der Waals surface area contributed by atoms with E-state index >= 15 is 0 Å². The molecular formula is C49H43N3. The van der Waals surface area contributed by atoms with Crippen molar-refractivity contribution in [3.63, 3.8) is 0 Å². The molecule has 1 aromatic heterocycles. The topological polar surface area (TPSA) is 10.9 Å². The van der Waals surface area contributed by atoms with Crippen LogP contribution in [0.25, 0.3) is 49.7 Å². The summed E-state index contributed by atoms with van der Waals surface area (Å²) in [5.41, 5.74) is 14.5. The summed E-state index contributed by atoms with van der Waals surface area (Å²) in [5, 5.41) is 7.75. The molecule has 6 aromatic carbocycles. The molecule has 3 heteroatoms. The van der Waals surface area contributed by atoms with Crippen molar-refractivity contribution in [2.45, 2.75) is 45.3 Å².